The van der Waals surface area contributed by atoms with E-state index in [0.717, 1.165) is 28.1 Å². The van der Waals surface area contributed by atoms with E-state index in [0.29, 0.717) is 22.9 Å². The second-order valence-electron chi connectivity index (χ2n) is 6.86. The van der Waals surface area contributed by atoms with Crippen molar-refractivity contribution in [2.75, 3.05) is 13.2 Å². The number of para-hydroxylation sites is 1. The molecule has 0 bridgehead atoms. The number of amides is 2. The van der Waals surface area contributed by atoms with Crippen LogP contribution in [0.15, 0.2) is 41.8 Å². The fourth-order valence-electron chi connectivity index (χ4n) is 3.58. The highest BCUT2D eigenvalue weighted by Crippen LogP contribution is 2.38. The van der Waals surface area contributed by atoms with Crippen LogP contribution in [0.5, 0.6) is 0 Å². The van der Waals surface area contributed by atoms with Crippen molar-refractivity contribution in [1.82, 2.24) is 10.3 Å². The van der Waals surface area contributed by atoms with Crippen molar-refractivity contribution in [3.63, 3.8) is 0 Å². The zero-order valence-corrected chi connectivity index (χ0v) is 17.7. The van der Waals surface area contributed by atoms with Gasteiger partial charge in [0, 0.05) is 10.3 Å². The summed E-state index contributed by atoms with van der Waals surface area (Å²) in [5.41, 5.74) is 3.77. The first-order valence-electron chi connectivity index (χ1n) is 9.86. The minimum Gasteiger partial charge on any atom is -0.452 e. The number of carbonyl (C=O) groups excluding carboxylic acids is 3. The maximum atomic E-state index is 13.0. The van der Waals surface area contributed by atoms with Gasteiger partial charge in [0.15, 0.2) is 6.61 Å². The molecule has 0 spiro atoms. The maximum Gasteiger partial charge on any atom is 0.413 e. The minimum atomic E-state index is -0.873. The van der Waals surface area contributed by atoms with Crippen molar-refractivity contribution < 1.29 is 23.9 Å². The first-order chi connectivity index (χ1) is 15.1. The highest BCUT2D eigenvalue weighted by atomic mass is 32.1. The Morgan fingerprint density at radius 2 is 1.97 bits per heavy atom. The molecule has 0 fully saturated rings. The van der Waals surface area contributed by atoms with Gasteiger partial charge in [-0.2, -0.15) is 0 Å². The molecular weight excluding hydrogens is 416 g/mol. The normalized spacial score (nSPS) is 13.8. The summed E-state index contributed by atoms with van der Waals surface area (Å²) in [7, 11) is 0. The fraction of sp³-hybridized carbons (Fsp3) is 0.217. The Labute approximate surface area is 182 Å². The van der Waals surface area contributed by atoms with Crippen LogP contribution in [-0.4, -0.2) is 36.2 Å². The molecule has 4 rings (SSSR count). The Morgan fingerprint density at radius 1 is 1.13 bits per heavy atom. The lowest BCUT2D eigenvalue weighted by atomic mass is 10.0. The van der Waals surface area contributed by atoms with Gasteiger partial charge in [0.05, 0.1) is 23.4 Å². The number of nitrogens with one attached hydrogen (secondary N) is 1. The molecule has 7 nitrogen and oxygen atoms in total. The lowest BCUT2D eigenvalue weighted by Gasteiger charge is -2.12. The molecule has 2 amide bonds. The number of esters is 1. The molecule has 0 radical (unpaired) electrons. The average molecular weight is 436 g/mol. The number of hydrogen-bond acceptors (Lipinski definition) is 7. The average Bonchev–Trinajstić information content (AvgIpc) is 3.41. The van der Waals surface area contributed by atoms with Gasteiger partial charge in [0.1, 0.15) is 0 Å². The zero-order valence-electron chi connectivity index (χ0n) is 16.8. The number of alkyl carbamates (subject to hydrolysis) is 1. The Balaban J connectivity index is 1.64. The molecule has 1 aromatic carbocycles. The van der Waals surface area contributed by atoms with Gasteiger partial charge in [-0.1, -0.05) is 24.3 Å². The number of allylic oxidation sites excluding steroid dienone is 1. The number of imide groups is 1. The van der Waals surface area contributed by atoms with Gasteiger partial charge in [-0.25, -0.2) is 14.6 Å². The van der Waals surface area contributed by atoms with Gasteiger partial charge in [-0.05, 0) is 54.5 Å². The summed E-state index contributed by atoms with van der Waals surface area (Å²) in [4.78, 5) is 42.2. The molecule has 158 valence electrons. The number of rotatable bonds is 5. The summed E-state index contributed by atoms with van der Waals surface area (Å²) in [6, 6.07) is 11.4. The maximum absolute atomic E-state index is 13.0. The van der Waals surface area contributed by atoms with Gasteiger partial charge < -0.3 is 9.47 Å². The lowest BCUT2D eigenvalue weighted by Crippen LogP contribution is -2.34. The molecule has 0 unspecified atom stereocenters. The van der Waals surface area contributed by atoms with Crippen molar-refractivity contribution in [1.29, 1.82) is 0 Å². The number of hydrogen-bond donors (Lipinski definition) is 1. The smallest absolute Gasteiger partial charge is 0.413 e. The van der Waals surface area contributed by atoms with Crippen LogP contribution in [-0.2, 0) is 20.7 Å². The number of aromatic nitrogens is 1. The molecular formula is C23H20N2O5S. The molecule has 2 aromatic heterocycles. The van der Waals surface area contributed by atoms with Gasteiger partial charge in [-0.15, -0.1) is 11.3 Å². The molecule has 0 saturated carbocycles. The van der Waals surface area contributed by atoms with E-state index in [1.165, 1.54) is 0 Å². The number of nitrogens with zero attached hydrogens (tertiary/aromatic N) is 1. The van der Waals surface area contributed by atoms with Crippen LogP contribution in [0.25, 0.3) is 22.6 Å². The van der Waals surface area contributed by atoms with E-state index in [9.17, 15) is 14.4 Å². The third-order valence-corrected chi connectivity index (χ3v) is 5.68. The quantitative estimate of drug-likeness (QED) is 0.602. The van der Waals surface area contributed by atoms with Crippen molar-refractivity contribution >= 4 is 51.9 Å². The van der Waals surface area contributed by atoms with E-state index in [4.69, 9.17) is 9.72 Å². The Hall–Kier alpha value is -3.52. The van der Waals surface area contributed by atoms with Crippen LogP contribution in [0, 0.1) is 0 Å². The molecule has 1 aliphatic carbocycles. The number of ether oxygens (including phenoxy) is 2. The van der Waals surface area contributed by atoms with Crippen molar-refractivity contribution in [3.05, 3.63) is 63.5 Å². The number of carbonyl (C=O) groups is 3. The molecule has 0 aliphatic heterocycles. The predicted octanol–water partition coefficient (Wildman–Crippen LogP) is 4.21. The SMILES string of the molecule is CCOC(=O)NC(=O)COC(=O)c1c2c(nc3ccccc13)C(=Cc1cccs1)CC2. The molecule has 0 saturated heterocycles. The number of pyridine rings is 1. The largest absolute Gasteiger partial charge is 0.452 e. The molecule has 31 heavy (non-hydrogen) atoms. The van der Waals surface area contributed by atoms with E-state index in [2.05, 4.69) is 10.8 Å². The van der Waals surface area contributed by atoms with Crippen LogP contribution in [0.3, 0.4) is 0 Å². The van der Waals surface area contributed by atoms with Gasteiger partial charge in [-0.3, -0.25) is 10.1 Å². The molecule has 1 N–H and O–H groups in total. The first-order valence-corrected chi connectivity index (χ1v) is 10.7. The van der Waals surface area contributed by atoms with E-state index < -0.39 is 24.6 Å². The highest BCUT2D eigenvalue weighted by Gasteiger charge is 2.28. The van der Waals surface area contributed by atoms with Crippen LogP contribution >= 0.6 is 11.3 Å². The first kappa shape index (κ1) is 20.7. The summed E-state index contributed by atoms with van der Waals surface area (Å²) in [5, 5.41) is 4.70. The standard InChI is InChI=1S/C23H20N2O5S/c1-2-29-23(28)25-19(26)13-30-22(27)20-16-7-3-4-8-18(16)24-21-14(9-10-17(20)21)12-15-6-5-11-31-15/h3-8,11-12H,2,9-10,13H2,1H3,(H,25,26,28). The van der Waals surface area contributed by atoms with Crippen molar-refractivity contribution in [2.24, 2.45) is 0 Å². The molecule has 1 aliphatic rings. The third kappa shape index (κ3) is 4.49. The van der Waals surface area contributed by atoms with Crippen molar-refractivity contribution in [2.45, 2.75) is 19.8 Å². The van der Waals surface area contributed by atoms with Gasteiger partial charge in [0.2, 0.25) is 0 Å². The topological polar surface area (TPSA) is 94.6 Å². The Morgan fingerprint density at radius 3 is 2.74 bits per heavy atom. The Bertz CT molecular complexity index is 1180. The van der Waals surface area contributed by atoms with Crippen LogP contribution in [0.1, 0.15) is 39.8 Å². The van der Waals surface area contributed by atoms with E-state index in [1.54, 1.807) is 18.3 Å². The third-order valence-electron chi connectivity index (χ3n) is 4.86. The van der Waals surface area contributed by atoms with Crippen molar-refractivity contribution in [3.8, 4) is 0 Å². The van der Waals surface area contributed by atoms with Crippen LogP contribution in [0.2, 0.25) is 0 Å². The number of benzene rings is 1. The van der Waals surface area contributed by atoms with Gasteiger partial charge in [0.25, 0.3) is 5.91 Å². The lowest BCUT2D eigenvalue weighted by molar-refractivity contribution is -0.123. The van der Waals surface area contributed by atoms with E-state index in [-0.39, 0.29) is 6.61 Å². The zero-order chi connectivity index (χ0) is 21.8. The van der Waals surface area contributed by atoms with Crippen LogP contribution < -0.4 is 5.32 Å². The number of fused-ring (bicyclic) bond motifs is 2. The fourth-order valence-corrected chi connectivity index (χ4v) is 4.26. The Kier molecular flexibility index (Phi) is 6.08. The summed E-state index contributed by atoms with van der Waals surface area (Å²) >= 11 is 1.64. The molecule has 8 heteroatoms. The monoisotopic (exact) mass is 436 g/mol. The second kappa shape index (κ2) is 9.09. The number of thiophene rings is 1. The summed E-state index contributed by atoms with van der Waals surface area (Å²) in [5.74, 6) is -1.37. The minimum absolute atomic E-state index is 0.134. The summed E-state index contributed by atoms with van der Waals surface area (Å²) in [6.07, 6.45) is 2.65. The van der Waals surface area contributed by atoms with E-state index in [1.807, 2.05) is 47.1 Å². The molecule has 2 heterocycles. The summed E-state index contributed by atoms with van der Waals surface area (Å²) < 4.78 is 9.89. The highest BCUT2D eigenvalue weighted by molar-refractivity contribution is 7.10. The van der Waals surface area contributed by atoms with E-state index >= 15 is 0 Å². The predicted molar refractivity (Wildman–Crippen MR) is 118 cm³/mol. The summed E-state index contributed by atoms with van der Waals surface area (Å²) in [6.45, 7) is 1.18. The second-order valence-corrected chi connectivity index (χ2v) is 7.84. The molecule has 0 atom stereocenters. The molecule has 3 aromatic rings. The van der Waals surface area contributed by atoms with Crippen LogP contribution in [0.4, 0.5) is 4.79 Å². The van der Waals surface area contributed by atoms with Gasteiger partial charge >= 0.3 is 12.1 Å².